The summed E-state index contributed by atoms with van der Waals surface area (Å²) in [5.74, 6) is -0.257. The van der Waals surface area contributed by atoms with Crippen LogP contribution in [0.15, 0.2) is 48.0 Å². The summed E-state index contributed by atoms with van der Waals surface area (Å²) < 4.78 is 17.2. The van der Waals surface area contributed by atoms with Gasteiger partial charge in [0, 0.05) is 17.7 Å². The number of amides is 1. The van der Waals surface area contributed by atoms with E-state index in [-0.39, 0.29) is 36.0 Å². The molecule has 37 heavy (non-hydrogen) atoms. The lowest BCUT2D eigenvalue weighted by atomic mass is 9.84. The van der Waals surface area contributed by atoms with Gasteiger partial charge in [-0.1, -0.05) is 32.9 Å². The summed E-state index contributed by atoms with van der Waals surface area (Å²) in [4.78, 5) is 28.1. The van der Waals surface area contributed by atoms with Gasteiger partial charge in [0.05, 0.1) is 37.5 Å². The first-order valence-corrected chi connectivity index (χ1v) is 12.9. The van der Waals surface area contributed by atoms with Crippen LogP contribution in [0.4, 0.5) is 0 Å². The number of carbonyl (C=O) groups is 2. The number of Topliss-reactive ketones (excluding diaryl/α,β-unsaturated/α-hetero) is 1. The molecule has 2 aromatic rings. The van der Waals surface area contributed by atoms with E-state index in [9.17, 15) is 14.7 Å². The normalized spacial score (nSPS) is 17.5. The molecule has 0 radical (unpaired) electrons. The summed E-state index contributed by atoms with van der Waals surface area (Å²) in [7, 11) is 0. The molecule has 1 aliphatic heterocycles. The van der Waals surface area contributed by atoms with Gasteiger partial charge < -0.3 is 24.2 Å². The number of carbonyl (C=O) groups excluding carboxylic acids is 2. The third-order valence-corrected chi connectivity index (χ3v) is 6.17. The lowest BCUT2D eigenvalue weighted by molar-refractivity contribution is -0.140. The molecule has 7 nitrogen and oxygen atoms in total. The molecule has 0 saturated carbocycles. The van der Waals surface area contributed by atoms with Gasteiger partial charge in [-0.05, 0) is 69.0 Å². The van der Waals surface area contributed by atoms with Crippen LogP contribution in [0.3, 0.4) is 0 Å². The van der Waals surface area contributed by atoms with Crippen molar-refractivity contribution in [3.63, 3.8) is 0 Å². The van der Waals surface area contributed by atoms with Crippen molar-refractivity contribution < 1.29 is 28.9 Å². The molecule has 0 spiro atoms. The van der Waals surface area contributed by atoms with Crippen LogP contribution in [-0.2, 0) is 19.7 Å². The standard InChI is InChI=1S/C30H39NO6/c1-8-35-22-12-10-11-20(17-22)26-25(28(33)29(34)31(26)15-16-37-19(3)4)27(32)21-13-14-24(36-9-2)23(18-21)30(5,6)7/h10-14,17-19,26,32H,8-9,15-16H2,1-7H3/b27-25+. The number of hydrogen-bond acceptors (Lipinski definition) is 6. The van der Waals surface area contributed by atoms with Crippen molar-refractivity contribution in [2.75, 3.05) is 26.4 Å². The van der Waals surface area contributed by atoms with E-state index >= 15 is 0 Å². The molecule has 1 saturated heterocycles. The Kier molecular flexibility index (Phi) is 9.02. The average molecular weight is 510 g/mol. The van der Waals surface area contributed by atoms with E-state index in [1.807, 2.05) is 58.0 Å². The van der Waals surface area contributed by atoms with Crippen LogP contribution in [0.5, 0.6) is 11.5 Å². The first kappa shape index (κ1) is 28.3. The molecule has 1 N–H and O–H groups in total. The molecule has 1 heterocycles. The molecule has 0 bridgehead atoms. The van der Waals surface area contributed by atoms with Crippen LogP contribution in [0.25, 0.3) is 5.76 Å². The highest BCUT2D eigenvalue weighted by atomic mass is 16.5. The fraction of sp³-hybridized carbons (Fsp3) is 0.467. The molecule has 1 unspecified atom stereocenters. The Morgan fingerprint density at radius 3 is 2.35 bits per heavy atom. The van der Waals surface area contributed by atoms with Crippen LogP contribution in [0, 0.1) is 0 Å². The van der Waals surface area contributed by atoms with E-state index in [0.29, 0.717) is 30.1 Å². The smallest absolute Gasteiger partial charge is 0.295 e. The zero-order chi connectivity index (χ0) is 27.3. The fourth-order valence-electron chi connectivity index (χ4n) is 4.49. The molecular weight excluding hydrogens is 470 g/mol. The summed E-state index contributed by atoms with van der Waals surface area (Å²) in [5, 5.41) is 11.5. The average Bonchev–Trinajstić information content (AvgIpc) is 3.08. The second-order valence-corrected chi connectivity index (χ2v) is 10.3. The van der Waals surface area contributed by atoms with Crippen molar-refractivity contribution in [3.8, 4) is 11.5 Å². The minimum atomic E-state index is -0.777. The van der Waals surface area contributed by atoms with Gasteiger partial charge in [-0.25, -0.2) is 0 Å². The summed E-state index contributed by atoms with van der Waals surface area (Å²) in [6.07, 6.45) is -0.0174. The second-order valence-electron chi connectivity index (χ2n) is 10.3. The van der Waals surface area contributed by atoms with Crippen molar-refractivity contribution in [1.29, 1.82) is 0 Å². The Bertz CT molecular complexity index is 1160. The topological polar surface area (TPSA) is 85.3 Å². The van der Waals surface area contributed by atoms with Gasteiger partial charge in [-0.3, -0.25) is 9.59 Å². The summed E-state index contributed by atoms with van der Waals surface area (Å²) in [5.41, 5.74) is 1.81. The number of aliphatic hydroxyl groups is 1. The number of hydrogen-bond donors (Lipinski definition) is 1. The third-order valence-electron chi connectivity index (χ3n) is 6.17. The lowest BCUT2D eigenvalue weighted by Gasteiger charge is -2.26. The minimum absolute atomic E-state index is 0.0174. The molecule has 0 aliphatic carbocycles. The zero-order valence-corrected chi connectivity index (χ0v) is 23.0. The highest BCUT2D eigenvalue weighted by Gasteiger charge is 2.46. The molecular formula is C30H39NO6. The summed E-state index contributed by atoms with van der Waals surface area (Å²) >= 11 is 0. The van der Waals surface area contributed by atoms with Gasteiger partial charge in [-0.2, -0.15) is 0 Å². The van der Waals surface area contributed by atoms with Gasteiger partial charge in [0.2, 0.25) is 0 Å². The van der Waals surface area contributed by atoms with E-state index < -0.39 is 17.7 Å². The van der Waals surface area contributed by atoms with E-state index in [0.717, 1.165) is 11.3 Å². The Balaban J connectivity index is 2.17. The van der Waals surface area contributed by atoms with Crippen LogP contribution < -0.4 is 9.47 Å². The molecule has 1 aliphatic rings. The number of nitrogens with zero attached hydrogens (tertiary/aromatic N) is 1. The number of ether oxygens (including phenoxy) is 3. The fourth-order valence-corrected chi connectivity index (χ4v) is 4.49. The Hall–Kier alpha value is -3.32. The number of ketones is 1. The maximum Gasteiger partial charge on any atom is 0.295 e. The summed E-state index contributed by atoms with van der Waals surface area (Å²) in [6, 6.07) is 11.9. The maximum absolute atomic E-state index is 13.4. The Morgan fingerprint density at radius 1 is 1.03 bits per heavy atom. The highest BCUT2D eigenvalue weighted by molar-refractivity contribution is 6.46. The molecule has 1 amide bonds. The molecule has 1 atom stereocenters. The van der Waals surface area contributed by atoms with Gasteiger partial charge >= 0.3 is 0 Å². The van der Waals surface area contributed by atoms with Crippen molar-refractivity contribution >= 4 is 17.4 Å². The third kappa shape index (κ3) is 6.34. The predicted octanol–water partition coefficient (Wildman–Crippen LogP) is 5.63. The van der Waals surface area contributed by atoms with Gasteiger partial charge in [0.15, 0.2) is 0 Å². The molecule has 0 aromatic heterocycles. The summed E-state index contributed by atoms with van der Waals surface area (Å²) in [6.45, 7) is 15.3. The maximum atomic E-state index is 13.4. The number of aliphatic hydroxyl groups excluding tert-OH is 1. The molecule has 1 fully saturated rings. The van der Waals surface area contributed by atoms with Gasteiger partial charge in [0.25, 0.3) is 11.7 Å². The number of likely N-dealkylation sites (tertiary alicyclic amines) is 1. The number of rotatable bonds is 10. The van der Waals surface area contributed by atoms with Crippen LogP contribution in [0.2, 0.25) is 0 Å². The quantitative estimate of drug-likeness (QED) is 0.254. The monoisotopic (exact) mass is 509 g/mol. The second kappa shape index (κ2) is 11.8. The SMILES string of the molecule is CCOc1cccc(C2/C(=C(\O)c3ccc(OCC)c(C(C)(C)C)c3)C(=O)C(=O)N2CCOC(C)C)c1. The predicted molar refractivity (Wildman–Crippen MR) is 144 cm³/mol. The van der Waals surface area contributed by atoms with Gasteiger partial charge in [0.1, 0.15) is 17.3 Å². The van der Waals surface area contributed by atoms with E-state index in [1.165, 1.54) is 4.90 Å². The Morgan fingerprint density at radius 2 is 1.73 bits per heavy atom. The van der Waals surface area contributed by atoms with E-state index in [1.54, 1.807) is 12.1 Å². The van der Waals surface area contributed by atoms with Crippen molar-refractivity contribution in [2.45, 2.75) is 66.0 Å². The van der Waals surface area contributed by atoms with Crippen molar-refractivity contribution in [3.05, 3.63) is 64.7 Å². The van der Waals surface area contributed by atoms with Crippen LogP contribution >= 0.6 is 0 Å². The van der Waals surface area contributed by atoms with Crippen LogP contribution in [-0.4, -0.2) is 54.2 Å². The first-order valence-electron chi connectivity index (χ1n) is 12.9. The minimum Gasteiger partial charge on any atom is -0.507 e. The Labute approximate surface area is 220 Å². The number of benzene rings is 2. The van der Waals surface area contributed by atoms with Crippen molar-refractivity contribution in [1.82, 2.24) is 4.90 Å². The van der Waals surface area contributed by atoms with E-state index in [4.69, 9.17) is 14.2 Å². The first-order chi connectivity index (χ1) is 17.5. The highest BCUT2D eigenvalue weighted by Crippen LogP contribution is 2.41. The molecule has 7 heteroatoms. The largest absolute Gasteiger partial charge is 0.507 e. The molecule has 200 valence electrons. The zero-order valence-electron chi connectivity index (χ0n) is 23.0. The molecule has 2 aromatic carbocycles. The molecule has 3 rings (SSSR count). The van der Waals surface area contributed by atoms with Gasteiger partial charge in [-0.15, -0.1) is 0 Å². The lowest BCUT2D eigenvalue weighted by Crippen LogP contribution is -2.33. The van der Waals surface area contributed by atoms with Crippen LogP contribution in [0.1, 0.15) is 71.2 Å². The van der Waals surface area contributed by atoms with E-state index in [2.05, 4.69) is 20.8 Å². The van der Waals surface area contributed by atoms with Crippen molar-refractivity contribution in [2.24, 2.45) is 0 Å².